The highest BCUT2D eigenvalue weighted by Crippen LogP contribution is 2.29. The maximum absolute atomic E-state index is 6.08. The number of aromatic nitrogens is 1. The van der Waals surface area contributed by atoms with Crippen molar-refractivity contribution in [3.63, 3.8) is 0 Å². The van der Waals surface area contributed by atoms with Crippen LogP contribution in [-0.2, 0) is 12.8 Å². The van der Waals surface area contributed by atoms with Gasteiger partial charge in [-0.15, -0.1) is 23.7 Å². The number of thiazole rings is 1. The Morgan fingerprint density at radius 2 is 2.05 bits per heavy atom. The fourth-order valence-corrected chi connectivity index (χ4v) is 3.62. The van der Waals surface area contributed by atoms with Gasteiger partial charge >= 0.3 is 0 Å². The van der Waals surface area contributed by atoms with E-state index in [1.807, 2.05) is 6.07 Å². The van der Waals surface area contributed by atoms with Gasteiger partial charge in [0, 0.05) is 15.5 Å². The monoisotopic (exact) mass is 361 g/mol. The summed E-state index contributed by atoms with van der Waals surface area (Å²) >= 11 is 13.6. The first-order valence-corrected chi connectivity index (χ1v) is 8.02. The van der Waals surface area contributed by atoms with Gasteiger partial charge in [-0.05, 0) is 37.8 Å². The first-order valence-electron chi connectivity index (χ1n) is 6.45. The molecule has 21 heavy (non-hydrogen) atoms. The highest BCUT2D eigenvalue weighted by molar-refractivity contribution is 7.15. The molecule has 0 saturated carbocycles. The Hall–Kier alpha value is -0.810. The van der Waals surface area contributed by atoms with E-state index in [-0.39, 0.29) is 12.4 Å². The van der Waals surface area contributed by atoms with Gasteiger partial charge in [-0.25, -0.2) is 4.98 Å². The predicted molar refractivity (Wildman–Crippen MR) is 93.7 cm³/mol. The average molecular weight is 363 g/mol. The van der Waals surface area contributed by atoms with Crippen molar-refractivity contribution in [3.05, 3.63) is 44.4 Å². The first kappa shape index (κ1) is 16.6. The van der Waals surface area contributed by atoms with Crippen molar-refractivity contribution in [3.8, 4) is 0 Å². The third-order valence-electron chi connectivity index (χ3n) is 3.17. The summed E-state index contributed by atoms with van der Waals surface area (Å²) in [5.41, 5.74) is 5.03. The lowest BCUT2D eigenvalue weighted by Crippen LogP contribution is -1.99. The molecular weight excluding hydrogens is 349 g/mol. The standard InChI is InChI=1S/C14H13Cl2N3S.ClH/c15-10-6-5-9(11(16)7-10)8-17-19-14-18-12-3-1-2-4-13(12)20-14;/h5-8H,1-4H2,(H,18,19);1H/b17-8+;. The van der Waals surface area contributed by atoms with E-state index in [1.54, 1.807) is 29.7 Å². The number of hydrazone groups is 1. The number of benzene rings is 1. The first-order chi connectivity index (χ1) is 9.72. The van der Waals surface area contributed by atoms with Crippen LogP contribution in [-0.4, -0.2) is 11.2 Å². The second-order valence-electron chi connectivity index (χ2n) is 4.63. The molecule has 2 aromatic rings. The molecule has 0 bridgehead atoms. The number of nitrogens with one attached hydrogen (secondary N) is 1. The molecule has 3 nitrogen and oxygen atoms in total. The van der Waals surface area contributed by atoms with Crippen LogP contribution in [0.1, 0.15) is 29.0 Å². The Bertz CT molecular complexity index is 631. The fraction of sp³-hybridized carbons (Fsp3) is 0.286. The van der Waals surface area contributed by atoms with Crippen LogP contribution in [0.3, 0.4) is 0 Å². The van der Waals surface area contributed by atoms with Crippen molar-refractivity contribution in [2.45, 2.75) is 25.7 Å². The summed E-state index contributed by atoms with van der Waals surface area (Å²) in [4.78, 5) is 5.95. The van der Waals surface area contributed by atoms with Crippen molar-refractivity contribution >= 4 is 58.3 Å². The van der Waals surface area contributed by atoms with Crippen LogP contribution in [0.15, 0.2) is 23.3 Å². The Labute approximate surface area is 143 Å². The minimum atomic E-state index is 0. The van der Waals surface area contributed by atoms with Gasteiger partial charge in [0.25, 0.3) is 0 Å². The molecule has 0 aliphatic heterocycles. The number of hydrogen-bond acceptors (Lipinski definition) is 4. The second kappa shape index (κ2) is 7.45. The maximum atomic E-state index is 6.08. The Morgan fingerprint density at radius 1 is 1.24 bits per heavy atom. The van der Waals surface area contributed by atoms with Crippen molar-refractivity contribution in [2.24, 2.45) is 5.10 Å². The third-order valence-corrected chi connectivity index (χ3v) is 4.80. The predicted octanol–water partition coefficient (Wildman–Crippen LogP) is 5.20. The van der Waals surface area contributed by atoms with E-state index in [0.29, 0.717) is 10.0 Å². The lowest BCUT2D eigenvalue weighted by Gasteiger charge is -2.06. The molecule has 0 unspecified atom stereocenters. The SMILES string of the molecule is Cl.Clc1ccc(/C=N/Nc2nc3c(s2)CCCC3)c(Cl)c1. The molecule has 1 aromatic heterocycles. The van der Waals surface area contributed by atoms with Gasteiger partial charge in [0.15, 0.2) is 0 Å². The minimum absolute atomic E-state index is 0. The minimum Gasteiger partial charge on any atom is -0.253 e. The smallest absolute Gasteiger partial charge is 0.203 e. The maximum Gasteiger partial charge on any atom is 0.203 e. The van der Waals surface area contributed by atoms with Crippen molar-refractivity contribution in [1.82, 2.24) is 4.98 Å². The third kappa shape index (κ3) is 4.10. The highest BCUT2D eigenvalue weighted by Gasteiger charge is 2.14. The molecular formula is C14H14Cl3N3S. The summed E-state index contributed by atoms with van der Waals surface area (Å²) in [6.07, 6.45) is 6.40. The van der Waals surface area contributed by atoms with Crippen LogP contribution in [0.5, 0.6) is 0 Å². The zero-order chi connectivity index (χ0) is 13.9. The number of rotatable bonds is 3. The number of anilines is 1. The zero-order valence-corrected chi connectivity index (χ0v) is 14.2. The van der Waals surface area contributed by atoms with E-state index in [4.69, 9.17) is 23.2 Å². The van der Waals surface area contributed by atoms with Crippen LogP contribution in [0, 0.1) is 0 Å². The van der Waals surface area contributed by atoms with Crippen molar-refractivity contribution < 1.29 is 0 Å². The van der Waals surface area contributed by atoms with E-state index in [9.17, 15) is 0 Å². The molecule has 0 atom stereocenters. The van der Waals surface area contributed by atoms with Crippen LogP contribution < -0.4 is 5.43 Å². The highest BCUT2D eigenvalue weighted by atomic mass is 35.5. The van der Waals surface area contributed by atoms with Gasteiger partial charge in [0.05, 0.1) is 16.9 Å². The van der Waals surface area contributed by atoms with Gasteiger partial charge in [0.2, 0.25) is 5.13 Å². The molecule has 1 heterocycles. The van der Waals surface area contributed by atoms with E-state index in [2.05, 4.69) is 15.5 Å². The van der Waals surface area contributed by atoms with Gasteiger partial charge in [-0.2, -0.15) is 5.10 Å². The molecule has 3 rings (SSSR count). The summed E-state index contributed by atoms with van der Waals surface area (Å²) in [5, 5.41) is 6.24. The van der Waals surface area contributed by atoms with Crippen molar-refractivity contribution in [2.75, 3.05) is 5.43 Å². The second-order valence-corrected chi connectivity index (χ2v) is 6.56. The summed E-state index contributed by atoms with van der Waals surface area (Å²) in [7, 11) is 0. The molecule has 1 aromatic carbocycles. The van der Waals surface area contributed by atoms with Gasteiger partial charge < -0.3 is 0 Å². The molecule has 0 spiro atoms. The van der Waals surface area contributed by atoms with Gasteiger partial charge in [0.1, 0.15) is 0 Å². The summed E-state index contributed by atoms with van der Waals surface area (Å²) < 4.78 is 0. The average Bonchev–Trinajstić information content (AvgIpc) is 2.84. The van der Waals surface area contributed by atoms with E-state index in [0.717, 1.165) is 23.5 Å². The van der Waals surface area contributed by atoms with Crippen LogP contribution in [0.25, 0.3) is 0 Å². The zero-order valence-electron chi connectivity index (χ0n) is 11.1. The molecule has 0 amide bonds. The van der Waals surface area contributed by atoms with E-state index >= 15 is 0 Å². The van der Waals surface area contributed by atoms with Crippen LogP contribution in [0.4, 0.5) is 5.13 Å². The molecule has 112 valence electrons. The fourth-order valence-electron chi connectivity index (χ4n) is 2.16. The number of fused-ring (bicyclic) bond motifs is 1. The number of halogens is 3. The van der Waals surface area contributed by atoms with Gasteiger partial charge in [-0.1, -0.05) is 29.3 Å². The Balaban J connectivity index is 0.00000161. The summed E-state index contributed by atoms with van der Waals surface area (Å²) in [6, 6.07) is 5.33. The molecule has 1 aliphatic carbocycles. The summed E-state index contributed by atoms with van der Waals surface area (Å²) in [5.74, 6) is 0. The number of hydrogen-bond donors (Lipinski definition) is 1. The molecule has 7 heteroatoms. The lowest BCUT2D eigenvalue weighted by molar-refractivity contribution is 0.682. The largest absolute Gasteiger partial charge is 0.253 e. The summed E-state index contributed by atoms with van der Waals surface area (Å²) in [6.45, 7) is 0. The molecule has 1 N–H and O–H groups in total. The number of aryl methyl sites for hydroxylation is 2. The Kier molecular flexibility index (Phi) is 5.88. The van der Waals surface area contributed by atoms with E-state index in [1.165, 1.54) is 23.4 Å². The normalized spacial score (nSPS) is 13.8. The Morgan fingerprint density at radius 3 is 2.81 bits per heavy atom. The van der Waals surface area contributed by atoms with E-state index < -0.39 is 0 Å². The van der Waals surface area contributed by atoms with Crippen molar-refractivity contribution in [1.29, 1.82) is 0 Å². The molecule has 0 fully saturated rings. The molecule has 1 aliphatic rings. The van der Waals surface area contributed by atoms with Crippen LogP contribution in [0.2, 0.25) is 10.0 Å². The van der Waals surface area contributed by atoms with Crippen LogP contribution >= 0.6 is 46.9 Å². The quantitative estimate of drug-likeness (QED) is 0.602. The molecule has 0 radical (unpaired) electrons. The van der Waals surface area contributed by atoms with Gasteiger partial charge in [-0.3, -0.25) is 5.43 Å². The topological polar surface area (TPSA) is 37.3 Å². The number of nitrogens with zero attached hydrogens (tertiary/aromatic N) is 2. The lowest BCUT2D eigenvalue weighted by atomic mass is 10.0. The molecule has 0 saturated heterocycles.